The lowest BCUT2D eigenvalue weighted by molar-refractivity contribution is -0.147. The van der Waals surface area contributed by atoms with E-state index in [9.17, 15) is 19.2 Å². The van der Waals surface area contributed by atoms with E-state index in [1.807, 2.05) is 46.6 Å². The van der Waals surface area contributed by atoms with Crippen LogP contribution in [0.25, 0.3) is 0 Å². The molecule has 1 unspecified atom stereocenters. The Morgan fingerprint density at radius 3 is 2.21 bits per heavy atom. The topological polar surface area (TPSA) is 122 Å². The van der Waals surface area contributed by atoms with Crippen LogP contribution in [0, 0.1) is 0 Å². The third-order valence-electron chi connectivity index (χ3n) is 4.82. The lowest BCUT2D eigenvalue weighted by Crippen LogP contribution is -2.57. The molecule has 0 aromatic carbocycles. The second-order valence-electron chi connectivity index (χ2n) is 7.20. The number of carbonyl (C=O) groups excluding carboxylic acids is 4. The number of unbranched alkanes of at least 4 members (excludes halogenated alkanes) is 2. The maximum atomic E-state index is 12.2. The summed E-state index contributed by atoms with van der Waals surface area (Å²) in [5, 5.41) is 2.97. The van der Waals surface area contributed by atoms with Gasteiger partial charge in [-0.3, -0.25) is 19.3 Å². The van der Waals surface area contributed by atoms with E-state index < -0.39 is 0 Å². The molecule has 202 valence electrons. The van der Waals surface area contributed by atoms with Crippen LogP contribution >= 0.6 is 0 Å². The number of aldehydes is 1. The fraction of sp³-hybridized carbons (Fsp3) is 0.840. The molecule has 9 nitrogen and oxygen atoms in total. The van der Waals surface area contributed by atoms with Crippen molar-refractivity contribution in [2.24, 2.45) is 5.73 Å². The van der Waals surface area contributed by atoms with Gasteiger partial charge in [0.05, 0.1) is 12.6 Å². The molecule has 1 aliphatic rings. The number of nitrogens with one attached hydrogen (secondary N) is 1. The molecular formula is C25H52N4O5. The Labute approximate surface area is 208 Å². The predicted molar refractivity (Wildman–Crippen MR) is 139 cm³/mol. The van der Waals surface area contributed by atoms with E-state index in [1.165, 1.54) is 0 Å². The van der Waals surface area contributed by atoms with Gasteiger partial charge in [0.1, 0.15) is 18.7 Å². The number of Topliss-reactive ketones (excluding diaryl/α,β-unsaturated/α-hetero) is 1. The van der Waals surface area contributed by atoms with Crippen molar-refractivity contribution < 1.29 is 23.9 Å². The first kappa shape index (κ1) is 36.7. The normalized spacial score (nSPS) is 14.8. The van der Waals surface area contributed by atoms with E-state index in [0.717, 1.165) is 19.1 Å². The number of rotatable bonds is 13. The summed E-state index contributed by atoms with van der Waals surface area (Å²) in [4.78, 5) is 48.8. The average molecular weight is 489 g/mol. The van der Waals surface area contributed by atoms with Gasteiger partial charge >= 0.3 is 5.97 Å². The highest BCUT2D eigenvalue weighted by Gasteiger charge is 2.30. The molecule has 34 heavy (non-hydrogen) atoms. The molecule has 9 heteroatoms. The molecule has 0 saturated carbocycles. The van der Waals surface area contributed by atoms with Crippen LogP contribution in [0.5, 0.6) is 0 Å². The molecule has 1 amide bonds. The van der Waals surface area contributed by atoms with E-state index in [-0.39, 0.29) is 30.3 Å². The maximum Gasteiger partial charge on any atom is 0.305 e. The fourth-order valence-corrected chi connectivity index (χ4v) is 2.88. The standard InChI is InChI=1S/C16H29N3O4.C5H11NO.2C2H6/c1-4-14(20)11-18-8-9-19(15(21)6-7-17-3)10-13(18)12-23-16(22)5-2;6-4-2-1-3-5-7;2*1-2/h13,17H,4-12H2,1-3H3;5H,1-4,6H2;2*1-2H3. The summed E-state index contributed by atoms with van der Waals surface area (Å²) in [7, 11) is 1.81. The maximum absolute atomic E-state index is 12.2. The second kappa shape index (κ2) is 27.4. The quantitative estimate of drug-likeness (QED) is 0.230. The largest absolute Gasteiger partial charge is 0.464 e. The Kier molecular flexibility index (Phi) is 29.6. The molecule has 0 aliphatic carbocycles. The van der Waals surface area contributed by atoms with Crippen molar-refractivity contribution in [2.75, 3.05) is 52.9 Å². The Bertz CT molecular complexity index is 518. The molecule has 1 heterocycles. The van der Waals surface area contributed by atoms with Crippen LogP contribution in [0.15, 0.2) is 0 Å². The minimum absolute atomic E-state index is 0.0904. The molecule has 3 N–H and O–H groups in total. The number of hydrogen-bond donors (Lipinski definition) is 2. The number of piperazine rings is 1. The summed E-state index contributed by atoms with van der Waals surface area (Å²) in [6, 6.07) is -0.117. The number of nitrogens with two attached hydrogens (primary N) is 1. The number of hydrogen-bond acceptors (Lipinski definition) is 8. The molecule has 0 aromatic heterocycles. The molecule has 1 saturated heterocycles. The van der Waals surface area contributed by atoms with Crippen molar-refractivity contribution in [1.82, 2.24) is 15.1 Å². The van der Waals surface area contributed by atoms with Crippen LogP contribution in [0.1, 0.15) is 80.1 Å². The molecule has 1 aliphatic heterocycles. The SMILES string of the molecule is CC.CC.CCC(=O)CN1CCN(C(=O)CCNC)CC1COC(=O)CC.NCCCCC=O. The minimum atomic E-state index is -0.259. The molecule has 0 aromatic rings. The van der Waals surface area contributed by atoms with E-state index in [2.05, 4.69) is 5.32 Å². The fourth-order valence-electron chi connectivity index (χ4n) is 2.88. The first-order chi connectivity index (χ1) is 16.4. The summed E-state index contributed by atoms with van der Waals surface area (Å²) < 4.78 is 5.24. The number of amides is 1. The number of ketones is 1. The van der Waals surface area contributed by atoms with Gasteiger partial charge in [0, 0.05) is 51.9 Å². The number of carbonyl (C=O) groups is 4. The molecule has 0 bridgehead atoms. The van der Waals surface area contributed by atoms with Gasteiger partial charge in [0.25, 0.3) is 0 Å². The minimum Gasteiger partial charge on any atom is -0.464 e. The van der Waals surface area contributed by atoms with E-state index in [1.54, 1.807) is 11.8 Å². The van der Waals surface area contributed by atoms with Crippen molar-refractivity contribution in [3.8, 4) is 0 Å². The molecule has 0 radical (unpaired) electrons. The summed E-state index contributed by atoms with van der Waals surface area (Å²) in [5.41, 5.74) is 5.15. The Hall–Kier alpha value is -1.84. The van der Waals surface area contributed by atoms with Gasteiger partial charge in [-0.05, 0) is 26.4 Å². The average Bonchev–Trinajstić information content (AvgIpc) is 2.89. The molecule has 1 rings (SSSR count). The Balaban J connectivity index is -0.000000736. The summed E-state index contributed by atoms with van der Waals surface area (Å²) in [6.07, 6.45) is 4.77. The van der Waals surface area contributed by atoms with Gasteiger partial charge in [0.15, 0.2) is 0 Å². The van der Waals surface area contributed by atoms with Crippen molar-refractivity contribution >= 4 is 23.9 Å². The third kappa shape index (κ3) is 19.6. The van der Waals surface area contributed by atoms with E-state index in [4.69, 9.17) is 10.5 Å². The van der Waals surface area contributed by atoms with Crippen molar-refractivity contribution in [3.63, 3.8) is 0 Å². The summed E-state index contributed by atoms with van der Waals surface area (Å²) in [6.45, 7) is 15.2. The van der Waals surface area contributed by atoms with Crippen molar-refractivity contribution in [1.29, 1.82) is 0 Å². The van der Waals surface area contributed by atoms with E-state index in [0.29, 0.717) is 65.0 Å². The first-order valence-electron chi connectivity index (χ1n) is 12.9. The van der Waals surface area contributed by atoms with Crippen LogP contribution in [0.2, 0.25) is 0 Å². The lowest BCUT2D eigenvalue weighted by Gasteiger charge is -2.40. The monoisotopic (exact) mass is 488 g/mol. The highest BCUT2D eigenvalue weighted by Crippen LogP contribution is 2.12. The van der Waals surface area contributed by atoms with Gasteiger partial charge in [-0.1, -0.05) is 41.5 Å². The van der Waals surface area contributed by atoms with Gasteiger partial charge in [-0.15, -0.1) is 0 Å². The van der Waals surface area contributed by atoms with Gasteiger partial charge in [-0.25, -0.2) is 0 Å². The lowest BCUT2D eigenvalue weighted by atomic mass is 10.1. The molecule has 1 fully saturated rings. The number of nitrogens with zero attached hydrogens (tertiary/aromatic N) is 2. The highest BCUT2D eigenvalue weighted by atomic mass is 16.5. The Morgan fingerprint density at radius 1 is 1.06 bits per heavy atom. The number of esters is 1. The summed E-state index contributed by atoms with van der Waals surface area (Å²) in [5.74, 6) is -0.00943. The molecular weight excluding hydrogens is 436 g/mol. The van der Waals surface area contributed by atoms with E-state index >= 15 is 0 Å². The van der Waals surface area contributed by atoms with Crippen LogP contribution in [0.4, 0.5) is 0 Å². The van der Waals surface area contributed by atoms with Gasteiger partial charge in [0.2, 0.25) is 5.91 Å². The molecule has 1 atom stereocenters. The number of ether oxygens (including phenoxy) is 1. The first-order valence-corrected chi connectivity index (χ1v) is 12.9. The van der Waals surface area contributed by atoms with Gasteiger partial charge < -0.3 is 25.5 Å². The Morgan fingerprint density at radius 2 is 1.71 bits per heavy atom. The van der Waals surface area contributed by atoms with Crippen LogP contribution in [-0.4, -0.2) is 92.7 Å². The summed E-state index contributed by atoms with van der Waals surface area (Å²) >= 11 is 0. The zero-order valence-electron chi connectivity index (χ0n) is 22.9. The predicted octanol–water partition coefficient (Wildman–Crippen LogP) is 2.41. The molecule has 0 spiro atoms. The van der Waals surface area contributed by atoms with Crippen LogP contribution in [-0.2, 0) is 23.9 Å². The van der Waals surface area contributed by atoms with Crippen molar-refractivity contribution in [2.45, 2.75) is 86.1 Å². The zero-order valence-corrected chi connectivity index (χ0v) is 22.9. The van der Waals surface area contributed by atoms with Crippen LogP contribution in [0.3, 0.4) is 0 Å². The zero-order chi connectivity index (χ0) is 26.8. The smallest absolute Gasteiger partial charge is 0.305 e. The van der Waals surface area contributed by atoms with Gasteiger partial charge in [-0.2, -0.15) is 0 Å². The highest BCUT2D eigenvalue weighted by molar-refractivity contribution is 5.80. The third-order valence-corrected chi connectivity index (χ3v) is 4.82. The second-order valence-corrected chi connectivity index (χ2v) is 7.20. The van der Waals surface area contributed by atoms with Crippen LogP contribution < -0.4 is 11.1 Å². The van der Waals surface area contributed by atoms with Crippen molar-refractivity contribution in [3.05, 3.63) is 0 Å².